The van der Waals surface area contributed by atoms with Crippen molar-refractivity contribution in [1.82, 2.24) is 4.72 Å². The van der Waals surface area contributed by atoms with Crippen LogP contribution in [0.5, 0.6) is 0 Å². The van der Waals surface area contributed by atoms with Gasteiger partial charge in [0.1, 0.15) is 0 Å². The molecule has 0 aliphatic heterocycles. The monoisotopic (exact) mass is 299 g/mol. The number of sulfonamides is 1. The molecule has 2 unspecified atom stereocenters. The molecule has 18 heavy (non-hydrogen) atoms. The van der Waals surface area contributed by atoms with Crippen LogP contribution in [0.4, 0.5) is 0 Å². The first kappa shape index (κ1) is 17.5. The number of nitrogens with one attached hydrogen (secondary N) is 1. The van der Waals surface area contributed by atoms with E-state index in [2.05, 4.69) is 9.46 Å². The fraction of sp³-hybridized carbons (Fsp3) is 0.900. The van der Waals surface area contributed by atoms with Crippen molar-refractivity contribution in [1.29, 1.82) is 0 Å². The molecule has 0 aromatic heterocycles. The first-order chi connectivity index (χ1) is 8.26. The van der Waals surface area contributed by atoms with Gasteiger partial charge in [0.15, 0.2) is 0 Å². The molecule has 0 heterocycles. The number of carbonyl (C=O) groups excluding carboxylic acids is 1. The molecule has 0 aliphatic carbocycles. The largest absolute Gasteiger partial charge is 0.469 e. The van der Waals surface area contributed by atoms with Crippen molar-refractivity contribution in [3.05, 3.63) is 0 Å². The average molecular weight is 299 g/mol. The average Bonchev–Trinajstić information content (AvgIpc) is 2.25. The normalized spacial score (nSPS) is 15.1. The van der Waals surface area contributed by atoms with Gasteiger partial charge in [-0.25, -0.2) is 13.1 Å². The fourth-order valence-electron chi connectivity index (χ4n) is 1.28. The number of hydrogen-bond donors (Lipinski definition) is 1. The molecule has 0 bridgehead atoms. The second-order valence-corrected chi connectivity index (χ2v) is 7.51. The van der Waals surface area contributed by atoms with E-state index in [-0.39, 0.29) is 24.6 Å². The minimum atomic E-state index is -3.39. The Hall–Kier alpha value is -0.470. The van der Waals surface area contributed by atoms with E-state index in [1.807, 2.05) is 0 Å². The summed E-state index contributed by atoms with van der Waals surface area (Å²) in [6, 6.07) is -0.253. The summed E-state index contributed by atoms with van der Waals surface area (Å²) in [5, 5.41) is 0. The molecule has 0 aliphatic rings. The molecular formula is C10H21NO5S2. The molecule has 0 saturated carbocycles. The lowest BCUT2D eigenvalue weighted by Crippen LogP contribution is -2.35. The molecule has 108 valence electrons. The summed E-state index contributed by atoms with van der Waals surface area (Å²) in [6.45, 7) is 1.73. The van der Waals surface area contributed by atoms with Crippen LogP contribution in [0.25, 0.3) is 0 Å². The molecule has 8 heteroatoms. The van der Waals surface area contributed by atoms with E-state index in [4.69, 9.17) is 0 Å². The van der Waals surface area contributed by atoms with Crippen molar-refractivity contribution >= 4 is 26.8 Å². The number of ether oxygens (including phenoxy) is 1. The Kier molecular flexibility index (Phi) is 8.38. The lowest BCUT2D eigenvalue weighted by atomic mass is 10.3. The summed E-state index contributed by atoms with van der Waals surface area (Å²) in [4.78, 5) is 10.8. The van der Waals surface area contributed by atoms with Crippen molar-refractivity contribution < 1.29 is 22.2 Å². The lowest BCUT2D eigenvalue weighted by Gasteiger charge is -2.13. The smallest absolute Gasteiger partial charge is 0.305 e. The minimum absolute atomic E-state index is 0.0881. The van der Waals surface area contributed by atoms with Crippen LogP contribution >= 0.6 is 0 Å². The van der Waals surface area contributed by atoms with Gasteiger partial charge >= 0.3 is 5.97 Å². The predicted molar refractivity (Wildman–Crippen MR) is 71.2 cm³/mol. The van der Waals surface area contributed by atoms with E-state index in [1.165, 1.54) is 7.11 Å². The summed E-state index contributed by atoms with van der Waals surface area (Å²) in [7, 11) is -3.05. The van der Waals surface area contributed by atoms with E-state index in [0.29, 0.717) is 12.2 Å². The Bertz CT molecular complexity index is 380. The molecule has 0 aromatic rings. The van der Waals surface area contributed by atoms with Gasteiger partial charge in [-0.1, -0.05) is 0 Å². The lowest BCUT2D eigenvalue weighted by molar-refractivity contribution is -0.140. The molecule has 0 fully saturated rings. The van der Waals surface area contributed by atoms with Gasteiger partial charge in [-0.15, -0.1) is 0 Å². The van der Waals surface area contributed by atoms with Crippen LogP contribution in [-0.2, 0) is 30.4 Å². The van der Waals surface area contributed by atoms with Gasteiger partial charge in [-0.3, -0.25) is 9.00 Å². The third-order valence-corrected chi connectivity index (χ3v) is 4.64. The molecular weight excluding hydrogens is 278 g/mol. The maximum absolute atomic E-state index is 11.6. The number of methoxy groups -OCH3 is 1. The van der Waals surface area contributed by atoms with E-state index in [1.54, 1.807) is 13.2 Å². The van der Waals surface area contributed by atoms with E-state index in [9.17, 15) is 17.4 Å². The fourth-order valence-corrected chi connectivity index (χ4v) is 3.33. The highest BCUT2D eigenvalue weighted by Crippen LogP contribution is 2.00. The van der Waals surface area contributed by atoms with Gasteiger partial charge < -0.3 is 4.74 Å². The van der Waals surface area contributed by atoms with Crippen LogP contribution in [-0.4, -0.2) is 49.5 Å². The van der Waals surface area contributed by atoms with Gasteiger partial charge in [-0.05, 0) is 19.8 Å². The maximum Gasteiger partial charge on any atom is 0.305 e. The Labute approximate surface area is 111 Å². The third-order valence-electron chi connectivity index (χ3n) is 2.24. The number of carbonyl (C=O) groups is 1. The van der Waals surface area contributed by atoms with Crippen LogP contribution in [0.2, 0.25) is 0 Å². The van der Waals surface area contributed by atoms with Crippen LogP contribution < -0.4 is 4.72 Å². The first-order valence-corrected chi connectivity index (χ1v) is 9.01. The quantitative estimate of drug-likeness (QED) is 0.606. The topological polar surface area (TPSA) is 89.5 Å². The van der Waals surface area contributed by atoms with E-state index < -0.39 is 26.8 Å². The first-order valence-electron chi connectivity index (χ1n) is 5.63. The molecule has 0 aromatic carbocycles. The second-order valence-electron chi connectivity index (χ2n) is 4.08. The van der Waals surface area contributed by atoms with Crippen molar-refractivity contribution in [2.24, 2.45) is 0 Å². The highest BCUT2D eigenvalue weighted by atomic mass is 32.2. The van der Waals surface area contributed by atoms with Crippen molar-refractivity contribution in [2.75, 3.05) is 24.9 Å². The standard InChI is InChI=1S/C10H21NO5S2/c1-9(6-7-17(3)13)11-18(14,15)8-4-5-10(12)16-2/h9,11H,4-8H2,1-3H3. The third kappa shape index (κ3) is 9.55. The van der Waals surface area contributed by atoms with Crippen LogP contribution in [0.3, 0.4) is 0 Å². The van der Waals surface area contributed by atoms with Gasteiger partial charge in [-0.2, -0.15) is 0 Å². The van der Waals surface area contributed by atoms with E-state index >= 15 is 0 Å². The second kappa shape index (κ2) is 8.60. The van der Waals surface area contributed by atoms with Gasteiger partial charge in [0.25, 0.3) is 0 Å². The Morgan fingerprint density at radius 3 is 2.56 bits per heavy atom. The molecule has 0 spiro atoms. The molecule has 0 amide bonds. The van der Waals surface area contributed by atoms with Crippen LogP contribution in [0.1, 0.15) is 26.2 Å². The molecule has 2 atom stereocenters. The van der Waals surface area contributed by atoms with Crippen LogP contribution in [0, 0.1) is 0 Å². The summed E-state index contributed by atoms with van der Waals surface area (Å²) in [5.41, 5.74) is 0. The zero-order chi connectivity index (χ0) is 14.2. The van der Waals surface area contributed by atoms with Crippen molar-refractivity contribution in [2.45, 2.75) is 32.2 Å². The highest BCUT2D eigenvalue weighted by Gasteiger charge is 2.15. The van der Waals surface area contributed by atoms with E-state index in [0.717, 1.165) is 0 Å². The number of rotatable bonds is 9. The molecule has 6 nitrogen and oxygen atoms in total. The molecule has 0 rings (SSSR count). The Morgan fingerprint density at radius 2 is 2.06 bits per heavy atom. The SMILES string of the molecule is COC(=O)CCCS(=O)(=O)NC(C)CCS(C)=O. The van der Waals surface area contributed by atoms with Gasteiger partial charge in [0.05, 0.1) is 12.9 Å². The minimum Gasteiger partial charge on any atom is -0.469 e. The zero-order valence-corrected chi connectivity index (χ0v) is 12.6. The molecule has 0 saturated heterocycles. The summed E-state index contributed by atoms with van der Waals surface area (Å²) < 4.78 is 41.0. The summed E-state index contributed by atoms with van der Waals surface area (Å²) >= 11 is 0. The van der Waals surface area contributed by atoms with Gasteiger partial charge in [0.2, 0.25) is 10.0 Å². The summed E-state index contributed by atoms with van der Waals surface area (Å²) in [5.74, 6) is -0.0623. The molecule has 1 N–H and O–H groups in total. The van der Waals surface area contributed by atoms with Crippen molar-refractivity contribution in [3.8, 4) is 0 Å². The number of hydrogen-bond acceptors (Lipinski definition) is 5. The zero-order valence-electron chi connectivity index (χ0n) is 11.0. The predicted octanol–water partition coefficient (Wildman–Crippen LogP) is 0.0161. The van der Waals surface area contributed by atoms with Gasteiger partial charge in [0, 0.05) is 35.3 Å². The Morgan fingerprint density at radius 1 is 1.44 bits per heavy atom. The Balaban J connectivity index is 3.99. The molecule has 0 radical (unpaired) electrons. The van der Waals surface area contributed by atoms with Crippen molar-refractivity contribution in [3.63, 3.8) is 0 Å². The summed E-state index contributed by atoms with van der Waals surface area (Å²) in [6.07, 6.45) is 2.43. The maximum atomic E-state index is 11.6. The number of esters is 1. The highest BCUT2D eigenvalue weighted by molar-refractivity contribution is 7.89. The van der Waals surface area contributed by atoms with Crippen LogP contribution in [0.15, 0.2) is 0 Å².